The van der Waals surface area contributed by atoms with Gasteiger partial charge in [0.25, 0.3) is 16.0 Å². The molecule has 96 heavy (non-hydrogen) atoms. The van der Waals surface area contributed by atoms with Crippen molar-refractivity contribution in [1.82, 2.24) is 40.6 Å². The Labute approximate surface area is 567 Å². The van der Waals surface area contributed by atoms with Crippen molar-refractivity contribution in [3.05, 3.63) is 119 Å². The summed E-state index contributed by atoms with van der Waals surface area (Å²) in [7, 11) is -4.47. The van der Waals surface area contributed by atoms with E-state index in [1.807, 2.05) is 59.0 Å². The number of hydrogen-bond donors (Lipinski definition) is 7. The predicted octanol–water partition coefficient (Wildman–Crippen LogP) is 9.54. The minimum atomic E-state index is -4.47. The molecule has 4 fully saturated rings. The van der Waals surface area contributed by atoms with Crippen LogP contribution in [0.4, 0.5) is 21.4 Å². The summed E-state index contributed by atoms with van der Waals surface area (Å²) in [6, 6.07) is 21.7. The van der Waals surface area contributed by atoms with Gasteiger partial charge < -0.3 is 45.6 Å². The predicted molar refractivity (Wildman–Crippen MR) is 363 cm³/mol. The molecule has 7 N–H and O–H groups in total. The second-order valence-electron chi connectivity index (χ2n) is 27.9. The second kappa shape index (κ2) is 27.8. The first kappa shape index (κ1) is 69.3. The molecule has 11 rings (SSSR count). The summed E-state index contributed by atoms with van der Waals surface area (Å²) in [5, 5.41) is 30.1. The molecule has 24 nitrogen and oxygen atoms in total. The van der Waals surface area contributed by atoms with Crippen LogP contribution < -0.4 is 31.5 Å². The van der Waals surface area contributed by atoms with E-state index in [1.54, 1.807) is 56.4 Å². The van der Waals surface area contributed by atoms with Gasteiger partial charge in [0.05, 0.1) is 34.4 Å². The molecule has 0 saturated heterocycles. The first-order valence-corrected chi connectivity index (χ1v) is 35.7. The number of amides is 6. The van der Waals surface area contributed by atoms with Crippen LogP contribution in [0.1, 0.15) is 142 Å². The number of alkyl halides is 1. The molecule has 4 aliphatic carbocycles. The Morgan fingerprint density at radius 2 is 1.58 bits per heavy atom. The fraction of sp³-hybridized carbons (Fsp3) is 0.507. The average molecular weight is 1380 g/mol. The minimum Gasteiger partial charge on any atom is -0.476 e. The van der Waals surface area contributed by atoms with Crippen LogP contribution in [0.15, 0.2) is 85.1 Å². The number of aromatic nitrogens is 4. The topological polar surface area (TPSA) is 323 Å². The van der Waals surface area contributed by atoms with E-state index in [-0.39, 0.29) is 89.6 Å². The molecule has 6 aromatic rings. The van der Waals surface area contributed by atoms with Gasteiger partial charge in [0.2, 0.25) is 23.6 Å². The van der Waals surface area contributed by atoms with Gasteiger partial charge >= 0.3 is 12.1 Å². The van der Waals surface area contributed by atoms with Gasteiger partial charge in [0.1, 0.15) is 30.4 Å². The molecular formula is C69H84ClN11O13S2. The molecule has 27 heteroatoms. The smallest absolute Gasteiger partial charge is 0.410 e. The number of unbranched alkanes of at least 4 members (excludes halogenated alkanes) is 2. The number of carboxylic acid groups (broad SMARTS) is 1. The minimum absolute atomic E-state index is 0.000830. The third kappa shape index (κ3) is 14.6. The van der Waals surface area contributed by atoms with Crippen molar-refractivity contribution < 1.29 is 61.1 Å². The largest absolute Gasteiger partial charge is 0.476 e. The number of anilines is 3. The molecule has 6 unspecified atom stereocenters. The van der Waals surface area contributed by atoms with Crippen molar-refractivity contribution in [2.24, 2.45) is 27.6 Å². The zero-order valence-corrected chi connectivity index (χ0v) is 57.3. The maximum atomic E-state index is 13.8. The fourth-order valence-corrected chi connectivity index (χ4v) is 18.1. The molecule has 3 aromatic carbocycles. The average Bonchev–Trinajstić information content (AvgIpc) is 1.46. The van der Waals surface area contributed by atoms with Gasteiger partial charge in [0.15, 0.2) is 10.8 Å². The van der Waals surface area contributed by atoms with E-state index in [2.05, 4.69) is 45.4 Å². The van der Waals surface area contributed by atoms with Crippen molar-refractivity contribution in [3.63, 3.8) is 0 Å². The highest BCUT2D eigenvalue weighted by Crippen LogP contribution is 2.89. The molecule has 1 aliphatic heterocycles. The first-order chi connectivity index (χ1) is 45.6. The molecular weight excluding hydrogens is 1290 g/mol. The molecule has 512 valence electrons. The molecule has 6 amide bonds. The number of thiazole rings is 1. The van der Waals surface area contributed by atoms with E-state index in [0.717, 1.165) is 59.1 Å². The van der Waals surface area contributed by atoms with E-state index in [4.69, 9.17) is 31.2 Å². The van der Waals surface area contributed by atoms with E-state index < -0.39 is 57.4 Å². The molecule has 4 saturated carbocycles. The number of rotatable bonds is 29. The van der Waals surface area contributed by atoms with Crippen LogP contribution in [-0.2, 0) is 64.9 Å². The lowest BCUT2D eigenvalue weighted by Crippen LogP contribution is -2.57. The Morgan fingerprint density at radius 3 is 2.32 bits per heavy atom. The van der Waals surface area contributed by atoms with Crippen LogP contribution in [0.3, 0.4) is 0 Å². The number of nitrogens with zero attached hydrogens (tertiary/aromatic N) is 6. The first-order valence-electron chi connectivity index (χ1n) is 32.8. The van der Waals surface area contributed by atoms with Gasteiger partial charge in [-0.3, -0.25) is 38.5 Å². The lowest BCUT2D eigenvalue weighted by Gasteiger charge is -2.64. The summed E-state index contributed by atoms with van der Waals surface area (Å²) < 4.78 is 49.6. The number of benzene rings is 3. The van der Waals surface area contributed by atoms with Crippen molar-refractivity contribution in [2.45, 2.75) is 150 Å². The third-order valence-electron chi connectivity index (χ3n) is 20.7. The number of aromatic carboxylic acids is 1. The number of carbonyl (C=O) groups is 7. The van der Waals surface area contributed by atoms with Crippen LogP contribution in [0.2, 0.25) is 0 Å². The second-order valence-corrected chi connectivity index (χ2v) is 30.7. The van der Waals surface area contributed by atoms with Crippen molar-refractivity contribution in [1.29, 1.82) is 0 Å². The highest BCUT2D eigenvalue weighted by atomic mass is 35.5. The number of nitrogens with one attached hydrogen (secondary N) is 5. The SMILES string of the molecule is Cc1c(-c2ccc(N3CCc4cccc(C(=O)Nc5nc6ccccc6s5)c4C3)nc2C(=O)O)cnn1CC12CC3(OCCN(CCS(=O)(=O)O)C(=O)OCc4ccc(NC(=O)[C@H](C)NC(=O)C(NC(=O)CCCCCNC(=O)CCl)C(C)C)cc4)CC4(C)CC(C)(C1)C4(C2)C3. The van der Waals surface area contributed by atoms with Crippen molar-refractivity contribution in [2.75, 3.05) is 60.0 Å². The van der Waals surface area contributed by atoms with E-state index in [1.165, 1.54) is 23.2 Å². The molecule has 3 aromatic heterocycles. The Bertz CT molecular complexity index is 4080. The Morgan fingerprint density at radius 1 is 0.812 bits per heavy atom. The number of ether oxygens (including phenoxy) is 2. The summed E-state index contributed by atoms with van der Waals surface area (Å²) >= 11 is 6.90. The monoisotopic (exact) mass is 1370 g/mol. The van der Waals surface area contributed by atoms with Crippen LogP contribution >= 0.6 is 22.9 Å². The summed E-state index contributed by atoms with van der Waals surface area (Å²) in [4.78, 5) is 104. The summed E-state index contributed by atoms with van der Waals surface area (Å²) in [5.41, 5.74) is 5.15. The van der Waals surface area contributed by atoms with E-state index >= 15 is 0 Å². The number of carbonyl (C=O) groups excluding carboxylic acids is 6. The lowest BCUT2D eigenvalue weighted by molar-refractivity contribution is -0.158. The molecule has 4 heterocycles. The van der Waals surface area contributed by atoms with Gasteiger partial charge in [-0.15, -0.1) is 11.6 Å². The van der Waals surface area contributed by atoms with Crippen LogP contribution in [0.5, 0.6) is 0 Å². The molecule has 1 spiro atoms. The quantitative estimate of drug-likeness (QED) is 0.0130. The van der Waals surface area contributed by atoms with Gasteiger partial charge in [-0.05, 0) is 158 Å². The number of hydrogen-bond acceptors (Lipinski definition) is 16. The number of para-hydroxylation sites is 1. The third-order valence-corrected chi connectivity index (χ3v) is 22.5. The maximum Gasteiger partial charge on any atom is 0.410 e. The highest BCUT2D eigenvalue weighted by molar-refractivity contribution is 7.85. The van der Waals surface area contributed by atoms with Crippen LogP contribution in [-0.4, -0.2) is 146 Å². The molecule has 5 aliphatic rings. The van der Waals surface area contributed by atoms with Gasteiger partial charge in [-0.2, -0.15) is 13.5 Å². The fourth-order valence-electron chi connectivity index (χ4n) is 16.7. The van der Waals surface area contributed by atoms with Crippen molar-refractivity contribution in [3.8, 4) is 11.1 Å². The summed E-state index contributed by atoms with van der Waals surface area (Å²) in [6.07, 6.45) is 8.93. The summed E-state index contributed by atoms with van der Waals surface area (Å²) in [5.74, 6) is -3.69. The standard InChI is InChI=1S/C69H84ClN11O13S2/c1-42(2)57(77-55(82)17-8-7-11-25-71-56(83)31-70)61(86)73-43(3)59(84)74-47-20-18-45(19-21-47)34-93-64(89)79(28-30-96(90,91)92)27-29-94-68-37-66(6)35-65(5)36-67(38-68,39-69(65,66)40-68)41-81-44(4)50(32-72-81)48-22-23-54(76-58(48)62(87)88)80-26-24-46-13-12-14-49(51(46)33-80)60(85)78-63-75-52-15-9-10-16-53(52)95-63/h9-10,12-16,18-23,32,42-43,57H,7-8,11,17,24-31,33-41H2,1-6H3,(H,71,83)(H,73,86)(H,74,84)(H,77,82)(H,87,88)(H,75,78,85)(H,90,91,92)/t43-,57?,65?,66?,67?,68?,69?/m0/s1. The van der Waals surface area contributed by atoms with Gasteiger partial charge in [-0.1, -0.05) is 81.9 Å². The Balaban J connectivity index is 0.699. The van der Waals surface area contributed by atoms with E-state index in [9.17, 15) is 51.6 Å². The lowest BCUT2D eigenvalue weighted by atomic mass is 9.40. The number of fused-ring (bicyclic) bond motifs is 4. The normalized spacial score (nSPS) is 22.7. The summed E-state index contributed by atoms with van der Waals surface area (Å²) in [6.45, 7) is 13.2. The number of carboxylic acids is 1. The maximum absolute atomic E-state index is 13.8. The van der Waals surface area contributed by atoms with Gasteiger partial charge in [-0.25, -0.2) is 19.6 Å². The van der Waals surface area contributed by atoms with Gasteiger partial charge in [0, 0.05) is 73.8 Å². The zero-order valence-electron chi connectivity index (χ0n) is 54.9. The Kier molecular flexibility index (Phi) is 20.1. The number of pyridine rings is 1. The zero-order chi connectivity index (χ0) is 68.5. The number of halogens is 1. The molecule has 7 atom stereocenters. The van der Waals surface area contributed by atoms with Crippen LogP contribution in [0.25, 0.3) is 21.3 Å². The van der Waals surface area contributed by atoms with Crippen LogP contribution in [0, 0.1) is 34.5 Å². The molecule has 0 radical (unpaired) electrons. The highest BCUT2D eigenvalue weighted by Gasteiger charge is 2.84. The Hall–Kier alpha value is -8.04. The van der Waals surface area contributed by atoms with Crippen molar-refractivity contribution >= 4 is 102 Å². The van der Waals surface area contributed by atoms with E-state index in [0.29, 0.717) is 97.2 Å². The molecule has 3 bridgehead atoms.